The number of rotatable bonds is 4. The second kappa shape index (κ2) is 6.48. The number of hydrogen-bond donors (Lipinski definition) is 2. The van der Waals surface area contributed by atoms with Gasteiger partial charge in [-0.05, 0) is 36.8 Å². The molecule has 0 bridgehead atoms. The van der Waals surface area contributed by atoms with Gasteiger partial charge in [0, 0.05) is 25.4 Å². The molecular formula is C17H24N2O2. The second-order valence-electron chi connectivity index (χ2n) is 5.91. The van der Waals surface area contributed by atoms with Crippen LogP contribution in [0.5, 0.6) is 0 Å². The van der Waals surface area contributed by atoms with E-state index in [0.717, 1.165) is 25.8 Å². The minimum Gasteiger partial charge on any atom is -0.385 e. The molecule has 4 heteroatoms. The Kier molecular flexibility index (Phi) is 4.44. The van der Waals surface area contributed by atoms with Crippen molar-refractivity contribution in [2.45, 2.75) is 45.3 Å². The summed E-state index contributed by atoms with van der Waals surface area (Å²) in [6, 6.07) is 6.35. The van der Waals surface area contributed by atoms with E-state index in [9.17, 15) is 4.79 Å². The molecule has 0 aromatic heterocycles. The number of ether oxygens (including phenoxy) is 1. The summed E-state index contributed by atoms with van der Waals surface area (Å²) in [5, 5.41) is 6.56. The smallest absolute Gasteiger partial charge is 0.226 e. The number of carbonyl (C=O) groups excluding carboxylic acids is 1. The number of anilines is 1. The second-order valence-corrected chi connectivity index (χ2v) is 5.91. The van der Waals surface area contributed by atoms with Crippen molar-refractivity contribution in [3.63, 3.8) is 0 Å². The SMILES string of the molecule is CCC1OCCC1C(=O)NCc1cccc2c1NCCC2. The third kappa shape index (κ3) is 3.05. The van der Waals surface area contributed by atoms with Crippen LogP contribution in [0.3, 0.4) is 0 Å². The molecule has 4 nitrogen and oxygen atoms in total. The molecule has 1 amide bonds. The van der Waals surface area contributed by atoms with Crippen molar-refractivity contribution in [3.05, 3.63) is 29.3 Å². The number of carbonyl (C=O) groups is 1. The summed E-state index contributed by atoms with van der Waals surface area (Å²) in [5.41, 5.74) is 3.77. The first kappa shape index (κ1) is 14.4. The van der Waals surface area contributed by atoms with E-state index in [1.807, 2.05) is 0 Å². The largest absolute Gasteiger partial charge is 0.385 e. The molecule has 0 spiro atoms. The minimum atomic E-state index is 0.0162. The standard InChI is InChI=1S/C17H24N2O2/c1-2-15-14(8-10-21-15)17(20)19-11-13-6-3-5-12-7-4-9-18-16(12)13/h3,5-6,14-15,18H,2,4,7-11H2,1H3,(H,19,20). The van der Waals surface area contributed by atoms with Crippen molar-refractivity contribution >= 4 is 11.6 Å². The van der Waals surface area contributed by atoms with Crippen molar-refractivity contribution in [1.29, 1.82) is 0 Å². The highest BCUT2D eigenvalue weighted by Crippen LogP contribution is 2.27. The molecule has 2 aliphatic rings. The van der Waals surface area contributed by atoms with E-state index in [0.29, 0.717) is 13.2 Å². The number of hydrogen-bond acceptors (Lipinski definition) is 3. The highest BCUT2D eigenvalue weighted by atomic mass is 16.5. The lowest BCUT2D eigenvalue weighted by atomic mass is 9.97. The van der Waals surface area contributed by atoms with Crippen LogP contribution in [0.25, 0.3) is 0 Å². The van der Waals surface area contributed by atoms with E-state index in [2.05, 4.69) is 35.8 Å². The normalized spacial score (nSPS) is 24.2. The first-order valence-electron chi connectivity index (χ1n) is 8.03. The Morgan fingerprint density at radius 3 is 3.24 bits per heavy atom. The molecule has 21 heavy (non-hydrogen) atoms. The molecule has 2 atom stereocenters. The van der Waals surface area contributed by atoms with Crippen LogP contribution in [0.15, 0.2) is 18.2 Å². The Balaban J connectivity index is 1.64. The van der Waals surface area contributed by atoms with Crippen molar-refractivity contribution in [2.75, 3.05) is 18.5 Å². The highest BCUT2D eigenvalue weighted by Gasteiger charge is 2.32. The fraction of sp³-hybridized carbons (Fsp3) is 0.588. The summed E-state index contributed by atoms with van der Waals surface area (Å²) in [4.78, 5) is 12.3. The summed E-state index contributed by atoms with van der Waals surface area (Å²) >= 11 is 0. The summed E-state index contributed by atoms with van der Waals surface area (Å²) in [5.74, 6) is 0.148. The third-order valence-electron chi connectivity index (χ3n) is 4.56. The van der Waals surface area contributed by atoms with E-state index in [1.165, 1.54) is 23.2 Å². The molecule has 1 saturated heterocycles. The van der Waals surface area contributed by atoms with Crippen LogP contribution in [0.4, 0.5) is 5.69 Å². The van der Waals surface area contributed by atoms with Crippen LogP contribution < -0.4 is 10.6 Å². The summed E-state index contributed by atoms with van der Waals surface area (Å²) in [7, 11) is 0. The van der Waals surface area contributed by atoms with E-state index >= 15 is 0 Å². The van der Waals surface area contributed by atoms with Gasteiger partial charge in [-0.25, -0.2) is 0 Å². The van der Waals surface area contributed by atoms with Crippen LogP contribution >= 0.6 is 0 Å². The summed E-state index contributed by atoms with van der Waals surface area (Å²) in [6.45, 7) is 4.40. The molecule has 2 aliphatic heterocycles. The predicted octanol–water partition coefficient (Wildman–Crippen LogP) is 2.48. The molecule has 2 unspecified atom stereocenters. The monoisotopic (exact) mass is 288 g/mol. The molecular weight excluding hydrogens is 264 g/mol. The average molecular weight is 288 g/mol. The fourth-order valence-electron chi connectivity index (χ4n) is 3.39. The molecule has 1 aromatic rings. The van der Waals surface area contributed by atoms with Gasteiger partial charge in [-0.3, -0.25) is 4.79 Å². The maximum Gasteiger partial charge on any atom is 0.226 e. The Morgan fingerprint density at radius 2 is 2.38 bits per heavy atom. The zero-order chi connectivity index (χ0) is 14.7. The number of benzene rings is 1. The number of aryl methyl sites for hydroxylation is 1. The molecule has 1 fully saturated rings. The van der Waals surface area contributed by atoms with Gasteiger partial charge >= 0.3 is 0 Å². The fourth-order valence-corrected chi connectivity index (χ4v) is 3.39. The zero-order valence-electron chi connectivity index (χ0n) is 12.7. The van der Waals surface area contributed by atoms with Crippen molar-refractivity contribution < 1.29 is 9.53 Å². The van der Waals surface area contributed by atoms with Crippen LogP contribution in [0, 0.1) is 5.92 Å². The Bertz CT molecular complexity index is 516. The molecule has 114 valence electrons. The van der Waals surface area contributed by atoms with Crippen LogP contribution in [-0.2, 0) is 22.5 Å². The molecule has 2 N–H and O–H groups in total. The number of nitrogens with one attached hydrogen (secondary N) is 2. The van der Waals surface area contributed by atoms with Gasteiger partial charge in [-0.2, -0.15) is 0 Å². The first-order valence-corrected chi connectivity index (χ1v) is 8.03. The lowest BCUT2D eigenvalue weighted by molar-refractivity contribution is -0.126. The van der Waals surface area contributed by atoms with Gasteiger partial charge in [0.1, 0.15) is 0 Å². The van der Waals surface area contributed by atoms with Crippen LogP contribution in [-0.4, -0.2) is 25.2 Å². The van der Waals surface area contributed by atoms with Gasteiger partial charge in [0.05, 0.1) is 12.0 Å². The van der Waals surface area contributed by atoms with E-state index in [-0.39, 0.29) is 17.9 Å². The zero-order valence-corrected chi connectivity index (χ0v) is 12.7. The Hall–Kier alpha value is -1.55. The Labute approximate surface area is 126 Å². The van der Waals surface area contributed by atoms with Crippen LogP contribution in [0.2, 0.25) is 0 Å². The molecule has 0 radical (unpaired) electrons. The molecule has 3 rings (SSSR count). The van der Waals surface area contributed by atoms with Crippen molar-refractivity contribution in [2.24, 2.45) is 5.92 Å². The lowest BCUT2D eigenvalue weighted by Crippen LogP contribution is -2.35. The number of para-hydroxylation sites is 1. The topological polar surface area (TPSA) is 50.4 Å². The molecule has 0 aliphatic carbocycles. The number of fused-ring (bicyclic) bond motifs is 1. The third-order valence-corrected chi connectivity index (χ3v) is 4.56. The van der Waals surface area contributed by atoms with Gasteiger partial charge in [0.15, 0.2) is 0 Å². The summed E-state index contributed by atoms with van der Waals surface area (Å²) < 4.78 is 5.61. The van der Waals surface area contributed by atoms with E-state index in [4.69, 9.17) is 4.74 Å². The van der Waals surface area contributed by atoms with Gasteiger partial charge < -0.3 is 15.4 Å². The van der Waals surface area contributed by atoms with Crippen LogP contribution in [0.1, 0.15) is 37.3 Å². The Morgan fingerprint density at radius 1 is 1.48 bits per heavy atom. The van der Waals surface area contributed by atoms with E-state index < -0.39 is 0 Å². The van der Waals surface area contributed by atoms with Gasteiger partial charge in [-0.15, -0.1) is 0 Å². The van der Waals surface area contributed by atoms with Crippen molar-refractivity contribution in [1.82, 2.24) is 5.32 Å². The van der Waals surface area contributed by atoms with Gasteiger partial charge in [0.2, 0.25) is 5.91 Å². The quantitative estimate of drug-likeness (QED) is 0.895. The first-order chi connectivity index (χ1) is 10.3. The minimum absolute atomic E-state index is 0.0162. The summed E-state index contributed by atoms with van der Waals surface area (Å²) in [6.07, 6.45) is 4.14. The number of amides is 1. The van der Waals surface area contributed by atoms with Gasteiger partial charge in [-0.1, -0.05) is 25.1 Å². The van der Waals surface area contributed by atoms with Crippen molar-refractivity contribution in [3.8, 4) is 0 Å². The maximum atomic E-state index is 12.3. The average Bonchev–Trinajstić information content (AvgIpc) is 3.01. The van der Waals surface area contributed by atoms with Gasteiger partial charge in [0.25, 0.3) is 0 Å². The maximum absolute atomic E-state index is 12.3. The molecule has 0 saturated carbocycles. The molecule has 2 heterocycles. The predicted molar refractivity (Wildman–Crippen MR) is 83.2 cm³/mol. The van der Waals surface area contributed by atoms with E-state index in [1.54, 1.807) is 0 Å². The molecule has 1 aromatic carbocycles. The highest BCUT2D eigenvalue weighted by molar-refractivity contribution is 5.79. The lowest BCUT2D eigenvalue weighted by Gasteiger charge is -2.22.